The van der Waals surface area contributed by atoms with Crippen LogP contribution in [0.4, 0.5) is 5.69 Å². The molecule has 0 radical (unpaired) electrons. The number of non-ortho nitro benzene ring substituents is 1. The van der Waals surface area contributed by atoms with Crippen molar-refractivity contribution >= 4 is 51.7 Å². The van der Waals surface area contributed by atoms with Gasteiger partial charge in [0.15, 0.2) is 5.78 Å². The smallest absolute Gasteiger partial charge is 0.348 e. The van der Waals surface area contributed by atoms with Gasteiger partial charge in [-0.15, -0.1) is 11.3 Å². The van der Waals surface area contributed by atoms with Crippen LogP contribution < -0.4 is 0 Å². The highest BCUT2D eigenvalue weighted by Gasteiger charge is 2.28. The average molecular weight is 586 g/mol. The zero-order chi connectivity index (χ0) is 30.4. The molecule has 0 saturated heterocycles. The number of carbonyl (C=O) groups excluding carboxylic acids is 3. The van der Waals surface area contributed by atoms with Crippen molar-refractivity contribution in [1.29, 1.82) is 5.26 Å². The van der Waals surface area contributed by atoms with Gasteiger partial charge >= 0.3 is 11.9 Å². The van der Waals surface area contributed by atoms with E-state index < -0.39 is 22.6 Å². The quantitative estimate of drug-likeness (QED) is 0.0682. The number of carbonyl (C=O) groups is 3. The Hall–Kier alpha value is -5.08. The summed E-state index contributed by atoms with van der Waals surface area (Å²) in [5.74, 6) is -1.77. The van der Waals surface area contributed by atoms with Crippen LogP contribution in [0.1, 0.15) is 55.4 Å². The van der Waals surface area contributed by atoms with Crippen LogP contribution in [0.3, 0.4) is 0 Å². The number of hydrogen-bond acceptors (Lipinski definition) is 9. The molecule has 0 N–H and O–H groups in total. The number of allylic oxidation sites excluding steroid dienone is 1. The summed E-state index contributed by atoms with van der Waals surface area (Å²) >= 11 is 0.982. The molecule has 0 amide bonds. The van der Waals surface area contributed by atoms with Gasteiger partial charge in [-0.3, -0.25) is 14.9 Å². The maximum absolute atomic E-state index is 13.4. The molecule has 2 aromatic heterocycles. The molecule has 11 heteroatoms. The van der Waals surface area contributed by atoms with Crippen molar-refractivity contribution < 1.29 is 28.8 Å². The van der Waals surface area contributed by atoms with Crippen LogP contribution in [-0.2, 0) is 27.2 Å². The molecule has 4 aromatic rings. The van der Waals surface area contributed by atoms with Crippen molar-refractivity contribution in [2.45, 2.75) is 33.7 Å². The molecule has 214 valence electrons. The van der Waals surface area contributed by atoms with Crippen molar-refractivity contribution in [3.05, 3.63) is 102 Å². The Balaban J connectivity index is 1.68. The molecule has 2 aromatic carbocycles. The predicted octanol–water partition coefficient (Wildman–Crippen LogP) is 6.04. The normalized spacial score (nSPS) is 11.2. The number of nitrogens with zero attached hydrogens (tertiary/aromatic N) is 3. The number of benzene rings is 2. The summed E-state index contributed by atoms with van der Waals surface area (Å²) in [6.07, 6.45) is 3.04. The fourth-order valence-electron chi connectivity index (χ4n) is 4.57. The molecule has 0 spiro atoms. The van der Waals surface area contributed by atoms with Gasteiger partial charge in [-0.1, -0.05) is 30.3 Å². The minimum absolute atomic E-state index is 0.00154. The molecule has 0 unspecified atom stereocenters. The van der Waals surface area contributed by atoms with Crippen molar-refractivity contribution in [2.24, 2.45) is 0 Å². The van der Waals surface area contributed by atoms with Crippen molar-refractivity contribution in [3.63, 3.8) is 0 Å². The topological polar surface area (TPSA) is 142 Å². The predicted molar refractivity (Wildman–Crippen MR) is 157 cm³/mol. The number of nitro groups is 1. The number of ether oxygens (including phenoxy) is 2. The number of Topliss-reactive ketones (excluding diaryl/α,β-unsaturated/α-hetero) is 1. The highest BCUT2D eigenvalue weighted by molar-refractivity contribution is 7.14. The summed E-state index contributed by atoms with van der Waals surface area (Å²) in [5.41, 5.74) is 2.71. The molecule has 4 rings (SSSR count). The lowest BCUT2D eigenvalue weighted by Gasteiger charge is -2.05. The van der Waals surface area contributed by atoms with Gasteiger partial charge in [-0.05, 0) is 44.0 Å². The molecular formula is C31H27N3O7S. The Morgan fingerprint density at radius 1 is 1.05 bits per heavy atom. The van der Waals surface area contributed by atoms with E-state index in [1.54, 1.807) is 32.9 Å². The molecule has 2 heterocycles. The number of aromatic nitrogens is 1. The van der Waals surface area contributed by atoms with Crippen LogP contribution in [0.25, 0.3) is 17.0 Å². The Labute approximate surface area is 245 Å². The van der Waals surface area contributed by atoms with Crippen molar-refractivity contribution in [3.8, 4) is 6.07 Å². The van der Waals surface area contributed by atoms with Gasteiger partial charge in [-0.2, -0.15) is 5.26 Å². The molecule has 10 nitrogen and oxygen atoms in total. The summed E-state index contributed by atoms with van der Waals surface area (Å²) in [4.78, 5) is 49.7. The molecular weight excluding hydrogens is 558 g/mol. The number of thiophene rings is 1. The van der Waals surface area contributed by atoms with Crippen LogP contribution in [0.5, 0.6) is 0 Å². The zero-order valence-electron chi connectivity index (χ0n) is 23.2. The Morgan fingerprint density at radius 3 is 2.36 bits per heavy atom. The van der Waals surface area contributed by atoms with Gasteiger partial charge in [-0.25, -0.2) is 9.59 Å². The molecule has 0 aliphatic heterocycles. The van der Waals surface area contributed by atoms with Gasteiger partial charge < -0.3 is 14.0 Å². The third kappa shape index (κ3) is 6.29. The first-order valence-electron chi connectivity index (χ1n) is 13.1. The number of ketones is 1. The number of rotatable bonds is 11. The van der Waals surface area contributed by atoms with E-state index in [0.29, 0.717) is 22.5 Å². The molecule has 0 saturated carbocycles. The van der Waals surface area contributed by atoms with Crippen LogP contribution in [0.15, 0.2) is 60.3 Å². The number of hydrogen-bond donors (Lipinski definition) is 0. The number of nitro benzene ring substituents is 1. The van der Waals surface area contributed by atoms with E-state index in [2.05, 4.69) is 0 Å². The Bertz CT molecular complexity index is 1760. The molecule has 0 atom stereocenters. The summed E-state index contributed by atoms with van der Waals surface area (Å²) < 4.78 is 12.2. The maximum Gasteiger partial charge on any atom is 0.348 e. The number of nitriles is 1. The van der Waals surface area contributed by atoms with E-state index in [1.807, 2.05) is 41.1 Å². The van der Waals surface area contributed by atoms with Crippen molar-refractivity contribution in [1.82, 2.24) is 4.57 Å². The Kier molecular flexibility index (Phi) is 9.29. The first-order valence-corrected chi connectivity index (χ1v) is 13.9. The summed E-state index contributed by atoms with van der Waals surface area (Å²) in [6.45, 7) is 5.61. The zero-order valence-corrected chi connectivity index (χ0v) is 24.0. The molecule has 0 aliphatic rings. The second kappa shape index (κ2) is 13.1. The first kappa shape index (κ1) is 29.9. The average Bonchev–Trinajstić information content (AvgIpc) is 3.48. The van der Waals surface area contributed by atoms with Crippen LogP contribution >= 0.6 is 11.3 Å². The Morgan fingerprint density at radius 2 is 1.71 bits per heavy atom. The van der Waals surface area contributed by atoms with Crippen LogP contribution in [-0.4, -0.2) is 40.4 Å². The van der Waals surface area contributed by atoms with E-state index in [-0.39, 0.29) is 41.3 Å². The van der Waals surface area contributed by atoms with E-state index in [9.17, 15) is 29.8 Å². The minimum atomic E-state index is -0.651. The second-order valence-electron chi connectivity index (χ2n) is 9.22. The second-order valence-corrected chi connectivity index (χ2v) is 10.3. The molecule has 0 fully saturated rings. The molecule has 42 heavy (non-hydrogen) atoms. The summed E-state index contributed by atoms with van der Waals surface area (Å²) in [7, 11) is 0. The summed E-state index contributed by atoms with van der Waals surface area (Å²) in [6, 6.07) is 15.7. The monoisotopic (exact) mass is 585 g/mol. The third-order valence-corrected chi connectivity index (χ3v) is 7.79. The van der Waals surface area contributed by atoms with E-state index in [0.717, 1.165) is 27.8 Å². The SMILES string of the molecule is CCOC(=O)c1sc(CC(=O)C(C#N)=Cc2cn(Cc3ccc([N+](=O)[O-])cc3)c3ccccc23)c(C(=O)OCC)c1C. The van der Waals surface area contributed by atoms with Crippen LogP contribution in [0.2, 0.25) is 0 Å². The standard InChI is InChI=1S/C31H27N3O7S/c1-4-40-30(36)28-19(3)29(31(37)41-5-2)42-27(28)15-26(35)21(16-32)14-22-18-33(25-9-7-6-8-24(22)25)17-20-10-12-23(13-11-20)34(38)39/h6-14,18H,4-5,15,17H2,1-3H3. The maximum atomic E-state index is 13.4. The van der Waals surface area contributed by atoms with E-state index in [1.165, 1.54) is 18.2 Å². The fourth-order valence-corrected chi connectivity index (χ4v) is 5.76. The lowest BCUT2D eigenvalue weighted by atomic mass is 10.0. The molecule has 0 bridgehead atoms. The molecule has 0 aliphatic carbocycles. The summed E-state index contributed by atoms with van der Waals surface area (Å²) in [5, 5.41) is 21.7. The number of esters is 2. The van der Waals surface area contributed by atoms with Gasteiger partial charge in [0.05, 0.1) is 29.3 Å². The number of fused-ring (bicyclic) bond motifs is 1. The van der Waals surface area contributed by atoms with E-state index >= 15 is 0 Å². The lowest BCUT2D eigenvalue weighted by molar-refractivity contribution is -0.384. The minimum Gasteiger partial charge on any atom is -0.462 e. The van der Waals surface area contributed by atoms with Gasteiger partial charge in [0.1, 0.15) is 10.9 Å². The largest absolute Gasteiger partial charge is 0.462 e. The lowest BCUT2D eigenvalue weighted by Crippen LogP contribution is -2.12. The van der Waals surface area contributed by atoms with Gasteiger partial charge in [0.2, 0.25) is 0 Å². The third-order valence-electron chi connectivity index (χ3n) is 6.52. The van der Waals surface area contributed by atoms with Crippen LogP contribution in [0, 0.1) is 28.4 Å². The van der Waals surface area contributed by atoms with Gasteiger partial charge in [0, 0.05) is 52.6 Å². The van der Waals surface area contributed by atoms with E-state index in [4.69, 9.17) is 9.47 Å². The highest BCUT2D eigenvalue weighted by Crippen LogP contribution is 2.32. The fraction of sp³-hybridized carbons (Fsp3) is 0.226. The number of para-hydroxylation sites is 1. The highest BCUT2D eigenvalue weighted by atomic mass is 32.1. The first-order chi connectivity index (χ1) is 20.2. The van der Waals surface area contributed by atoms with Crippen molar-refractivity contribution in [2.75, 3.05) is 13.2 Å². The van der Waals surface area contributed by atoms with Gasteiger partial charge in [0.25, 0.3) is 5.69 Å².